The van der Waals surface area contributed by atoms with Gasteiger partial charge in [-0.2, -0.15) is 0 Å². The van der Waals surface area contributed by atoms with Crippen LogP contribution in [0, 0.1) is 132 Å². The maximum atomic E-state index is 14.6. The molecule has 5 radical (unpaired) electrons. The van der Waals surface area contributed by atoms with E-state index in [4.69, 9.17) is 14.2 Å². The first kappa shape index (κ1) is 106. The van der Waals surface area contributed by atoms with E-state index in [-0.39, 0.29) is 119 Å². The number of carbonyl (C=O) groups is 1. The number of methoxy groups -OCH3 is 1. The number of para-hydroxylation sites is 1. The normalized spacial score (nSPS) is 10.4. The van der Waals surface area contributed by atoms with Gasteiger partial charge in [0.2, 0.25) is 0 Å². The van der Waals surface area contributed by atoms with E-state index >= 15 is 0 Å². The van der Waals surface area contributed by atoms with E-state index in [0.29, 0.717) is 11.4 Å². The van der Waals surface area contributed by atoms with Gasteiger partial charge in [-0.15, -0.1) is 138 Å². The fraction of sp³-hybridized carbons (Fsp3) is 0.153. The molecule has 0 unspecified atom stereocenters. The van der Waals surface area contributed by atoms with Crippen molar-refractivity contribution >= 4 is 21.9 Å². The molecule has 0 N–H and O–H groups in total. The molecular formula is C111H99BrF2Ir5N11O4-5. The van der Waals surface area contributed by atoms with Crippen molar-refractivity contribution in [2.24, 2.45) is 0 Å². The van der Waals surface area contributed by atoms with Gasteiger partial charge in [-0.1, -0.05) is 166 Å². The average Bonchev–Trinajstić information content (AvgIpc) is 1.52. The quantitative estimate of drug-likeness (QED) is 0.0335. The van der Waals surface area contributed by atoms with Gasteiger partial charge in [-0.3, -0.25) is 33.7 Å². The van der Waals surface area contributed by atoms with Crippen molar-refractivity contribution in [3.05, 3.63) is 424 Å². The summed E-state index contributed by atoms with van der Waals surface area (Å²) in [5, 5.41) is 0. The largest absolute Gasteiger partial charge is 0.539 e. The van der Waals surface area contributed by atoms with E-state index in [2.05, 4.69) is 237 Å². The van der Waals surface area contributed by atoms with Gasteiger partial charge in [-0.05, 0) is 187 Å². The fourth-order valence-corrected chi connectivity index (χ4v) is 17.1. The summed E-state index contributed by atoms with van der Waals surface area (Å²) < 4.78 is 57.7. The molecule has 18 rings (SSSR count). The molecule has 0 aliphatic heterocycles. The molecule has 6 heterocycles. The SMILES string of the molecule is C=C(C)C(=O)OCCOc1cc(C)c(-n2ccnc2-c2[c-]cccc2)c(C)c1.COc1c[c-]c(-c2nccn2-c2c(C)cc(C)cc2C)cc1Br.Cc1cc(C)c(-n2ccnc2-c2[c-]ccc(-n3c(C)ccc3C)c2)c(C)c1.Cc1cc(C)c(-n2ccnc2-c2[c-]cccc2)c(C)c1.Fc1c[c-]c(-c2nccn2-c2c(-c3ccccc3)cccc2-c2ccccc2)c(F)c1.[Ir].[Ir].[Ir].[Ir].[Ir]. The maximum absolute atomic E-state index is 14.6. The second-order valence-corrected chi connectivity index (χ2v) is 32.6. The molecule has 0 fully saturated rings. The molecule has 15 nitrogen and oxygen atoms in total. The number of ether oxygens (including phenoxy) is 3. The van der Waals surface area contributed by atoms with Gasteiger partial charge in [0.05, 0.1) is 41.9 Å². The molecule has 18 aromatic rings. The zero-order chi connectivity index (χ0) is 91.1. The topological polar surface area (TPSA) is 139 Å². The number of carbonyl (C=O) groups excluding carboxylic acids is 1. The van der Waals surface area contributed by atoms with E-state index in [1.54, 1.807) is 32.6 Å². The van der Waals surface area contributed by atoms with Crippen LogP contribution in [0.25, 0.3) is 113 Å². The van der Waals surface area contributed by atoms with Gasteiger partial charge < -0.3 is 41.6 Å². The molecule has 6 aromatic heterocycles. The van der Waals surface area contributed by atoms with Crippen LogP contribution in [0.1, 0.15) is 79.5 Å². The van der Waals surface area contributed by atoms with Crippen molar-refractivity contribution in [1.82, 2.24) is 52.3 Å². The van der Waals surface area contributed by atoms with Crippen molar-refractivity contribution in [2.45, 2.75) is 96.9 Å². The van der Waals surface area contributed by atoms with Gasteiger partial charge in [0, 0.05) is 231 Å². The third-order valence-electron chi connectivity index (χ3n) is 21.8. The van der Waals surface area contributed by atoms with Gasteiger partial charge >= 0.3 is 5.97 Å². The monoisotopic (exact) mass is 2730 g/mol. The Morgan fingerprint density at radius 2 is 0.776 bits per heavy atom. The molecule has 0 aliphatic carbocycles. The summed E-state index contributed by atoms with van der Waals surface area (Å²) in [6.45, 7) is 33.2. The first-order valence-corrected chi connectivity index (χ1v) is 43.1. The zero-order valence-corrected chi connectivity index (χ0v) is 90.2. The van der Waals surface area contributed by atoms with E-state index in [1.807, 2.05) is 220 Å². The minimum absolute atomic E-state index is 0. The van der Waals surface area contributed by atoms with Gasteiger partial charge in [0.15, 0.2) is 0 Å². The van der Waals surface area contributed by atoms with Crippen LogP contribution in [0.2, 0.25) is 0 Å². The third kappa shape index (κ3) is 24.9. The molecule has 23 heteroatoms. The van der Waals surface area contributed by atoms with Crippen molar-refractivity contribution in [3.8, 4) is 125 Å². The molecule has 0 amide bonds. The second kappa shape index (κ2) is 49.0. The molecule has 0 saturated heterocycles. The number of aromatic nitrogens is 11. The van der Waals surface area contributed by atoms with Crippen LogP contribution in [-0.4, -0.2) is 78.6 Å². The Balaban J connectivity index is 0.000000188. The molecule has 12 aromatic carbocycles. The standard InChI is InChI=1S/C27H17F2N2.C24H24N3.C23H23N2O3.C19H18BrN2O.C18H17N2.5Ir/c28-21-14-15-24(25(29)18-21)27-30-16-17-31(27)26-22(19-8-3-1-4-9-19)12-7-13-23(26)20-10-5-2-6-11-20;1-16-13-17(2)23(18(3)14-16)26-12-11-25-24(26)21-7-6-8-22(15-21)27-19(4)9-10-20(27)5;1-16(2)23(26)28-13-12-27-20-14-17(3)21(18(4)15-20)25-11-10-24-22(25)19-8-6-5-7-9-19;1-12-9-13(2)18(14(3)10-12)22-8-7-21-19(22)15-5-6-17(23-4)16(20)11-15;1-13-11-14(2)17(15(3)12-13)20-10-9-19-18(20)16-7-5-4-6-8-16;;;;;/h1-14,16-18H;6,8-15H,1-5H3;5-8,10-11,14-15H,1,12-13H2,2-4H3;6-11H,1-4H3;4-7,9-12H,1-3H3;;;;;/q5*-1;;;;;. The molecular weight excluding hydrogens is 2630 g/mol. The Labute approximate surface area is 860 Å². The number of benzene rings is 12. The minimum Gasteiger partial charge on any atom is -0.539 e. The number of hydrogen-bond acceptors (Lipinski definition) is 9. The Hall–Kier alpha value is -11.6. The van der Waals surface area contributed by atoms with E-state index in [1.165, 1.54) is 78.5 Å². The second-order valence-electron chi connectivity index (χ2n) is 31.7. The molecule has 693 valence electrons. The number of halogens is 3. The molecule has 0 aliphatic rings. The van der Waals surface area contributed by atoms with Crippen LogP contribution in [0.3, 0.4) is 0 Å². The summed E-state index contributed by atoms with van der Waals surface area (Å²) in [6, 6.07) is 91.1. The first-order chi connectivity index (χ1) is 62.3. The minimum atomic E-state index is -0.703. The number of rotatable bonds is 19. The smallest absolute Gasteiger partial charge is 0.333 e. The summed E-state index contributed by atoms with van der Waals surface area (Å²) in [5.41, 5.74) is 30.9. The zero-order valence-electron chi connectivity index (χ0n) is 76.7. The van der Waals surface area contributed by atoms with Gasteiger partial charge in [0.1, 0.15) is 19.0 Å². The predicted octanol–water partition coefficient (Wildman–Crippen LogP) is 26.4. The van der Waals surface area contributed by atoms with Crippen molar-refractivity contribution in [3.63, 3.8) is 0 Å². The Bertz CT molecular complexity index is 6860. The molecule has 0 spiro atoms. The van der Waals surface area contributed by atoms with Crippen LogP contribution in [0.4, 0.5) is 8.78 Å². The summed E-state index contributed by atoms with van der Waals surface area (Å²) >= 11 is 3.53. The van der Waals surface area contributed by atoms with E-state index < -0.39 is 17.6 Å². The first-order valence-electron chi connectivity index (χ1n) is 42.3. The fourth-order valence-electron chi connectivity index (χ4n) is 16.6. The van der Waals surface area contributed by atoms with Crippen LogP contribution in [-0.2, 0) is 110 Å². The van der Waals surface area contributed by atoms with Crippen molar-refractivity contribution in [1.29, 1.82) is 0 Å². The average molecular weight is 2730 g/mol. The van der Waals surface area contributed by atoms with Crippen molar-refractivity contribution in [2.75, 3.05) is 20.3 Å². The van der Waals surface area contributed by atoms with E-state index in [0.717, 1.165) is 124 Å². The van der Waals surface area contributed by atoms with E-state index in [9.17, 15) is 13.6 Å². The van der Waals surface area contributed by atoms with Crippen LogP contribution < -0.4 is 9.47 Å². The molecule has 0 saturated carbocycles. The Kier molecular flexibility index (Phi) is 38.8. The number of nitrogens with zero attached hydrogens (tertiary/aromatic N) is 11. The summed E-state index contributed by atoms with van der Waals surface area (Å²) in [4.78, 5) is 34.0. The number of imidazole rings is 5. The van der Waals surface area contributed by atoms with Crippen LogP contribution >= 0.6 is 15.9 Å². The Morgan fingerprint density at radius 1 is 0.396 bits per heavy atom. The molecule has 0 atom stereocenters. The van der Waals surface area contributed by atoms with Gasteiger partial charge in [-0.25, -0.2) is 4.79 Å². The maximum Gasteiger partial charge on any atom is 0.333 e. The summed E-state index contributed by atoms with van der Waals surface area (Å²) in [7, 11) is 1.65. The van der Waals surface area contributed by atoms with Gasteiger partial charge in [0.25, 0.3) is 0 Å². The predicted molar refractivity (Wildman–Crippen MR) is 516 cm³/mol. The summed E-state index contributed by atoms with van der Waals surface area (Å²) in [6.07, 6.45) is 18.7. The van der Waals surface area contributed by atoms with Crippen LogP contribution in [0.5, 0.6) is 11.5 Å². The Morgan fingerprint density at radius 3 is 1.16 bits per heavy atom. The number of aryl methyl sites for hydroxylation is 13. The summed E-state index contributed by atoms with van der Waals surface area (Å²) in [5.74, 6) is 3.62. The van der Waals surface area contributed by atoms with Crippen molar-refractivity contribution < 1.29 is 128 Å². The number of hydrogen-bond donors (Lipinski definition) is 0. The third-order valence-corrected chi connectivity index (χ3v) is 22.4. The number of esters is 1. The molecule has 0 bridgehead atoms. The van der Waals surface area contributed by atoms with Crippen LogP contribution in [0.15, 0.2) is 309 Å². The molecule has 134 heavy (non-hydrogen) atoms.